The third kappa shape index (κ3) is 3.56. The molecule has 0 saturated carbocycles. The van der Waals surface area contributed by atoms with E-state index in [0.29, 0.717) is 16.6 Å². The third-order valence-corrected chi connectivity index (χ3v) is 4.07. The van der Waals surface area contributed by atoms with Crippen LogP contribution in [0.1, 0.15) is 12.0 Å². The first-order valence-corrected chi connectivity index (χ1v) is 8.08. The lowest BCUT2D eigenvalue weighted by atomic mass is 10.1. The van der Waals surface area contributed by atoms with Gasteiger partial charge in [-0.05, 0) is 30.7 Å². The molecular formula is C19H18FN3O3. The molecular weight excluding hydrogens is 337 g/mol. The smallest absolute Gasteiger partial charge is 0.261 e. The normalized spacial score (nSPS) is 10.7. The quantitative estimate of drug-likeness (QED) is 0.764. The highest BCUT2D eigenvalue weighted by atomic mass is 19.1. The van der Waals surface area contributed by atoms with Crippen molar-refractivity contribution in [3.63, 3.8) is 0 Å². The number of nitrogens with one attached hydrogen (secondary N) is 1. The number of fused-ring (bicyclic) bond motifs is 1. The topological polar surface area (TPSA) is 73.2 Å². The van der Waals surface area contributed by atoms with Crippen LogP contribution in [0.25, 0.3) is 10.9 Å². The van der Waals surface area contributed by atoms with E-state index < -0.39 is 5.82 Å². The number of benzene rings is 2. The average Bonchev–Trinajstić information content (AvgIpc) is 2.63. The number of anilines is 1. The molecule has 3 aromatic rings. The van der Waals surface area contributed by atoms with Gasteiger partial charge >= 0.3 is 0 Å². The lowest BCUT2D eigenvalue weighted by Gasteiger charge is -2.11. The number of rotatable bonds is 5. The molecule has 0 atom stereocenters. The summed E-state index contributed by atoms with van der Waals surface area (Å²) >= 11 is 0. The van der Waals surface area contributed by atoms with Gasteiger partial charge < -0.3 is 10.1 Å². The summed E-state index contributed by atoms with van der Waals surface area (Å²) in [6.07, 6.45) is 1.52. The summed E-state index contributed by atoms with van der Waals surface area (Å²) in [7, 11) is 1.40. The molecule has 3 rings (SSSR count). The van der Waals surface area contributed by atoms with E-state index >= 15 is 0 Å². The standard InChI is InChI=1S/C19H18FN3O3/c1-12-4-3-5-14-18(12)21-11-23(19(14)25)9-8-17(24)22-15-7-6-13(20)10-16(15)26-2/h3-7,10-11H,8-9H2,1-2H3,(H,22,24). The molecule has 0 spiro atoms. The maximum absolute atomic E-state index is 13.2. The Morgan fingerprint density at radius 1 is 1.31 bits per heavy atom. The number of hydrogen-bond acceptors (Lipinski definition) is 4. The van der Waals surface area contributed by atoms with Crippen molar-refractivity contribution in [2.24, 2.45) is 0 Å². The van der Waals surface area contributed by atoms with Crippen LogP contribution >= 0.6 is 0 Å². The van der Waals surface area contributed by atoms with E-state index in [1.165, 1.54) is 36.2 Å². The molecule has 0 fully saturated rings. The SMILES string of the molecule is COc1cc(F)ccc1NC(=O)CCn1cnc2c(C)cccc2c1=O. The van der Waals surface area contributed by atoms with Gasteiger partial charge in [0.1, 0.15) is 11.6 Å². The van der Waals surface area contributed by atoms with E-state index in [1.807, 2.05) is 13.0 Å². The van der Waals surface area contributed by atoms with E-state index in [-0.39, 0.29) is 30.2 Å². The molecule has 1 amide bonds. The van der Waals surface area contributed by atoms with Crippen LogP contribution in [0.4, 0.5) is 10.1 Å². The van der Waals surface area contributed by atoms with Crippen molar-refractivity contribution in [1.29, 1.82) is 0 Å². The van der Waals surface area contributed by atoms with E-state index in [0.717, 1.165) is 5.56 Å². The minimum Gasteiger partial charge on any atom is -0.494 e. The van der Waals surface area contributed by atoms with Crippen molar-refractivity contribution in [3.8, 4) is 5.75 Å². The number of para-hydroxylation sites is 1. The Kier molecular flexibility index (Phi) is 4.97. The fourth-order valence-electron chi connectivity index (χ4n) is 2.70. The average molecular weight is 355 g/mol. The maximum atomic E-state index is 13.2. The van der Waals surface area contributed by atoms with Crippen LogP contribution in [0.2, 0.25) is 0 Å². The molecule has 1 heterocycles. The number of aryl methyl sites for hydroxylation is 2. The zero-order valence-electron chi connectivity index (χ0n) is 14.5. The molecule has 0 aliphatic rings. The molecule has 0 bridgehead atoms. The summed E-state index contributed by atoms with van der Waals surface area (Å²) in [5.41, 5.74) is 1.77. The monoisotopic (exact) mass is 355 g/mol. The van der Waals surface area contributed by atoms with Crippen LogP contribution in [-0.2, 0) is 11.3 Å². The number of halogens is 1. The maximum Gasteiger partial charge on any atom is 0.261 e. The van der Waals surface area contributed by atoms with Gasteiger partial charge in [-0.15, -0.1) is 0 Å². The highest BCUT2D eigenvalue weighted by molar-refractivity contribution is 5.92. The van der Waals surface area contributed by atoms with Gasteiger partial charge in [0.05, 0.1) is 30.0 Å². The molecule has 7 heteroatoms. The van der Waals surface area contributed by atoms with Gasteiger partial charge in [-0.1, -0.05) is 12.1 Å². The number of aromatic nitrogens is 2. The minimum absolute atomic E-state index is 0.0689. The predicted molar refractivity (Wildman–Crippen MR) is 96.9 cm³/mol. The summed E-state index contributed by atoms with van der Waals surface area (Å²) in [6, 6.07) is 9.27. The van der Waals surface area contributed by atoms with Gasteiger partial charge in [0, 0.05) is 19.0 Å². The van der Waals surface area contributed by atoms with Crippen LogP contribution in [0.3, 0.4) is 0 Å². The molecule has 0 radical (unpaired) electrons. The molecule has 0 unspecified atom stereocenters. The van der Waals surface area contributed by atoms with E-state index in [4.69, 9.17) is 4.74 Å². The Balaban J connectivity index is 1.73. The summed E-state index contributed by atoms with van der Waals surface area (Å²) in [5.74, 6) is -0.534. The van der Waals surface area contributed by atoms with Gasteiger partial charge in [-0.3, -0.25) is 14.2 Å². The van der Waals surface area contributed by atoms with Gasteiger partial charge in [-0.2, -0.15) is 0 Å². The molecule has 2 aromatic carbocycles. The number of hydrogen-bond donors (Lipinski definition) is 1. The van der Waals surface area contributed by atoms with Crippen LogP contribution in [0.15, 0.2) is 47.5 Å². The summed E-state index contributed by atoms with van der Waals surface area (Å²) in [5, 5.41) is 3.18. The summed E-state index contributed by atoms with van der Waals surface area (Å²) in [4.78, 5) is 29.0. The molecule has 6 nitrogen and oxygen atoms in total. The second-order valence-electron chi connectivity index (χ2n) is 5.86. The van der Waals surface area contributed by atoms with Gasteiger partial charge in [-0.25, -0.2) is 9.37 Å². The van der Waals surface area contributed by atoms with E-state index in [9.17, 15) is 14.0 Å². The minimum atomic E-state index is -0.455. The number of ether oxygens (including phenoxy) is 1. The van der Waals surface area contributed by atoms with E-state index in [1.54, 1.807) is 12.1 Å². The highest BCUT2D eigenvalue weighted by Gasteiger charge is 2.11. The lowest BCUT2D eigenvalue weighted by Crippen LogP contribution is -2.24. The first-order chi connectivity index (χ1) is 12.5. The van der Waals surface area contributed by atoms with Crippen LogP contribution in [-0.4, -0.2) is 22.6 Å². The summed E-state index contributed by atoms with van der Waals surface area (Å²) in [6.45, 7) is 2.08. The van der Waals surface area contributed by atoms with Crippen molar-refractivity contribution in [3.05, 3.63) is 64.5 Å². The molecule has 1 N–H and O–H groups in total. The van der Waals surface area contributed by atoms with Crippen molar-refractivity contribution in [2.45, 2.75) is 19.9 Å². The molecule has 0 saturated heterocycles. The van der Waals surface area contributed by atoms with Crippen LogP contribution < -0.4 is 15.6 Å². The molecule has 134 valence electrons. The zero-order chi connectivity index (χ0) is 18.7. The fourth-order valence-corrected chi connectivity index (χ4v) is 2.70. The largest absolute Gasteiger partial charge is 0.494 e. The molecule has 0 aliphatic heterocycles. The van der Waals surface area contributed by atoms with Gasteiger partial charge in [0.15, 0.2) is 0 Å². The van der Waals surface area contributed by atoms with Crippen molar-refractivity contribution >= 4 is 22.5 Å². The first kappa shape index (κ1) is 17.6. The molecule has 26 heavy (non-hydrogen) atoms. The van der Waals surface area contributed by atoms with Crippen LogP contribution in [0, 0.1) is 12.7 Å². The number of amides is 1. The Hall–Kier alpha value is -3.22. The lowest BCUT2D eigenvalue weighted by molar-refractivity contribution is -0.116. The Bertz CT molecular complexity index is 1030. The predicted octanol–water partition coefficient (Wildman–Crippen LogP) is 2.88. The zero-order valence-corrected chi connectivity index (χ0v) is 14.5. The third-order valence-electron chi connectivity index (χ3n) is 4.07. The molecule has 0 aliphatic carbocycles. The van der Waals surface area contributed by atoms with Crippen LogP contribution in [0.5, 0.6) is 5.75 Å². The number of carbonyl (C=O) groups excluding carboxylic acids is 1. The second kappa shape index (κ2) is 7.35. The van der Waals surface area contributed by atoms with Crippen molar-refractivity contribution < 1.29 is 13.9 Å². The van der Waals surface area contributed by atoms with E-state index in [2.05, 4.69) is 10.3 Å². The van der Waals surface area contributed by atoms with Crippen molar-refractivity contribution in [2.75, 3.05) is 12.4 Å². The van der Waals surface area contributed by atoms with Gasteiger partial charge in [0.25, 0.3) is 5.56 Å². The number of carbonyl (C=O) groups is 1. The Labute approximate surface area is 149 Å². The second-order valence-corrected chi connectivity index (χ2v) is 5.86. The van der Waals surface area contributed by atoms with Crippen molar-refractivity contribution in [1.82, 2.24) is 9.55 Å². The van der Waals surface area contributed by atoms with Gasteiger partial charge in [0.2, 0.25) is 5.91 Å². The first-order valence-electron chi connectivity index (χ1n) is 8.08. The Morgan fingerprint density at radius 2 is 2.12 bits per heavy atom. The summed E-state index contributed by atoms with van der Waals surface area (Å²) < 4.78 is 19.7. The fraction of sp³-hybridized carbons (Fsp3) is 0.211. The number of methoxy groups -OCH3 is 1. The number of nitrogens with zero attached hydrogens (tertiary/aromatic N) is 2. The molecule has 1 aromatic heterocycles. The Morgan fingerprint density at radius 3 is 2.88 bits per heavy atom. The highest BCUT2D eigenvalue weighted by Crippen LogP contribution is 2.25.